The van der Waals surface area contributed by atoms with E-state index in [0.717, 1.165) is 18.4 Å². The summed E-state index contributed by atoms with van der Waals surface area (Å²) in [6.45, 7) is 1.68. The van der Waals surface area contributed by atoms with Crippen molar-refractivity contribution in [1.29, 1.82) is 0 Å². The molecule has 2 unspecified atom stereocenters. The summed E-state index contributed by atoms with van der Waals surface area (Å²) in [6.07, 6.45) is 2.16. The van der Waals surface area contributed by atoms with E-state index in [1.165, 1.54) is 0 Å². The Morgan fingerprint density at radius 3 is 2.00 bits per heavy atom. The van der Waals surface area contributed by atoms with Gasteiger partial charge < -0.3 is 10.6 Å². The van der Waals surface area contributed by atoms with Crippen LogP contribution in [0.4, 0.5) is 0 Å². The van der Waals surface area contributed by atoms with E-state index in [1.807, 2.05) is 24.3 Å². The van der Waals surface area contributed by atoms with Crippen LogP contribution in [0.15, 0.2) is 48.5 Å². The lowest BCUT2D eigenvalue weighted by Crippen LogP contribution is -2.46. The van der Waals surface area contributed by atoms with Gasteiger partial charge >= 0.3 is 0 Å². The fourth-order valence-corrected chi connectivity index (χ4v) is 3.05. The Balaban J connectivity index is 1.62. The SMILES string of the molecule is CC(NC(=O)c1ccc(Cl)cc1)C(=O)NC(c1ccc(Cl)cc1)C1CC1. The number of hydrogen-bond donors (Lipinski definition) is 2. The smallest absolute Gasteiger partial charge is 0.251 e. The number of amides is 2. The van der Waals surface area contributed by atoms with Gasteiger partial charge in [-0.25, -0.2) is 0 Å². The molecule has 1 aliphatic rings. The van der Waals surface area contributed by atoms with Crippen LogP contribution in [-0.4, -0.2) is 17.9 Å². The van der Waals surface area contributed by atoms with Gasteiger partial charge in [0.1, 0.15) is 6.04 Å². The zero-order valence-corrected chi connectivity index (χ0v) is 15.8. The van der Waals surface area contributed by atoms with Gasteiger partial charge in [0.25, 0.3) is 5.91 Å². The number of halogens is 2. The van der Waals surface area contributed by atoms with Crippen molar-refractivity contribution >= 4 is 35.0 Å². The van der Waals surface area contributed by atoms with Crippen molar-refractivity contribution in [3.8, 4) is 0 Å². The second-order valence-electron chi connectivity index (χ2n) is 6.58. The Hall–Kier alpha value is -2.04. The fourth-order valence-electron chi connectivity index (χ4n) is 2.80. The van der Waals surface area contributed by atoms with Crippen LogP contribution >= 0.6 is 23.2 Å². The lowest BCUT2D eigenvalue weighted by molar-refractivity contribution is -0.123. The molecule has 2 aromatic carbocycles. The number of nitrogens with one attached hydrogen (secondary N) is 2. The molecule has 0 spiro atoms. The molecule has 2 N–H and O–H groups in total. The Morgan fingerprint density at radius 2 is 1.46 bits per heavy atom. The zero-order valence-electron chi connectivity index (χ0n) is 14.3. The average molecular weight is 391 g/mol. The second-order valence-corrected chi connectivity index (χ2v) is 7.45. The molecule has 2 aromatic rings. The Kier molecular flexibility index (Phi) is 5.84. The van der Waals surface area contributed by atoms with E-state index in [2.05, 4.69) is 10.6 Å². The predicted octanol–water partition coefficient (Wildman–Crippen LogP) is 4.38. The molecule has 0 heterocycles. The van der Waals surface area contributed by atoms with E-state index in [1.54, 1.807) is 31.2 Å². The Morgan fingerprint density at radius 1 is 0.923 bits per heavy atom. The molecule has 0 aliphatic heterocycles. The first-order valence-electron chi connectivity index (χ1n) is 8.56. The zero-order chi connectivity index (χ0) is 18.7. The van der Waals surface area contributed by atoms with Crippen LogP contribution < -0.4 is 10.6 Å². The van der Waals surface area contributed by atoms with Crippen molar-refractivity contribution < 1.29 is 9.59 Å². The number of rotatable bonds is 6. The fraction of sp³-hybridized carbons (Fsp3) is 0.300. The number of carbonyl (C=O) groups excluding carboxylic acids is 2. The summed E-state index contributed by atoms with van der Waals surface area (Å²) < 4.78 is 0. The van der Waals surface area contributed by atoms with Crippen LogP contribution in [0.2, 0.25) is 10.0 Å². The van der Waals surface area contributed by atoms with Crippen LogP contribution in [0.5, 0.6) is 0 Å². The molecule has 4 nitrogen and oxygen atoms in total. The summed E-state index contributed by atoms with van der Waals surface area (Å²) >= 11 is 11.8. The molecule has 6 heteroatoms. The van der Waals surface area contributed by atoms with E-state index in [4.69, 9.17) is 23.2 Å². The molecule has 136 valence electrons. The molecule has 0 bridgehead atoms. The van der Waals surface area contributed by atoms with Crippen LogP contribution in [0, 0.1) is 5.92 Å². The molecule has 0 saturated heterocycles. The normalized spacial score (nSPS) is 15.8. The third-order valence-corrected chi connectivity index (χ3v) is 4.97. The van der Waals surface area contributed by atoms with Crippen molar-refractivity contribution in [2.45, 2.75) is 31.8 Å². The number of carbonyl (C=O) groups is 2. The molecule has 3 rings (SSSR count). The molecule has 1 saturated carbocycles. The molecular weight excluding hydrogens is 371 g/mol. The molecular formula is C20H20Cl2N2O2. The summed E-state index contributed by atoms with van der Waals surface area (Å²) in [5.41, 5.74) is 1.49. The quantitative estimate of drug-likeness (QED) is 0.768. The van der Waals surface area contributed by atoms with Gasteiger partial charge in [0.2, 0.25) is 5.91 Å². The van der Waals surface area contributed by atoms with Gasteiger partial charge in [0.15, 0.2) is 0 Å². The van der Waals surface area contributed by atoms with Gasteiger partial charge in [-0.2, -0.15) is 0 Å². The van der Waals surface area contributed by atoms with Gasteiger partial charge in [0.05, 0.1) is 6.04 Å². The van der Waals surface area contributed by atoms with E-state index >= 15 is 0 Å². The monoisotopic (exact) mass is 390 g/mol. The maximum absolute atomic E-state index is 12.6. The molecule has 1 aliphatic carbocycles. The Labute approximate surface area is 162 Å². The van der Waals surface area contributed by atoms with Crippen molar-refractivity contribution in [1.82, 2.24) is 10.6 Å². The van der Waals surface area contributed by atoms with E-state index in [-0.39, 0.29) is 17.9 Å². The maximum Gasteiger partial charge on any atom is 0.251 e. The van der Waals surface area contributed by atoms with E-state index in [0.29, 0.717) is 21.5 Å². The first kappa shape index (κ1) is 18.7. The highest BCUT2D eigenvalue weighted by Gasteiger charge is 2.34. The summed E-state index contributed by atoms with van der Waals surface area (Å²) in [7, 11) is 0. The largest absolute Gasteiger partial charge is 0.347 e. The summed E-state index contributed by atoms with van der Waals surface area (Å²) in [5, 5.41) is 7.01. The molecule has 0 aromatic heterocycles. The van der Waals surface area contributed by atoms with Crippen LogP contribution in [0.1, 0.15) is 41.7 Å². The minimum absolute atomic E-state index is 0.0605. The van der Waals surface area contributed by atoms with Crippen molar-refractivity contribution in [3.63, 3.8) is 0 Å². The van der Waals surface area contributed by atoms with Gasteiger partial charge in [-0.1, -0.05) is 35.3 Å². The highest BCUT2D eigenvalue weighted by Crippen LogP contribution is 2.41. The van der Waals surface area contributed by atoms with Crippen LogP contribution in [0.3, 0.4) is 0 Å². The second kappa shape index (κ2) is 8.11. The molecule has 1 fully saturated rings. The first-order chi connectivity index (χ1) is 12.4. The highest BCUT2D eigenvalue weighted by atomic mass is 35.5. The lowest BCUT2D eigenvalue weighted by Gasteiger charge is -2.22. The maximum atomic E-state index is 12.6. The highest BCUT2D eigenvalue weighted by molar-refractivity contribution is 6.30. The standard InChI is InChI=1S/C20H20Cl2N2O2/c1-12(23-20(26)15-6-10-17(22)11-7-15)19(25)24-18(13-2-3-13)14-4-8-16(21)9-5-14/h4-13,18H,2-3H2,1H3,(H,23,26)(H,24,25). The van der Waals surface area contributed by atoms with Gasteiger partial charge in [-0.05, 0) is 67.6 Å². The summed E-state index contributed by atoms with van der Waals surface area (Å²) in [5.74, 6) is -0.0859. The minimum atomic E-state index is -0.647. The van der Waals surface area contributed by atoms with E-state index < -0.39 is 6.04 Å². The number of hydrogen-bond acceptors (Lipinski definition) is 2. The van der Waals surface area contributed by atoms with Crippen molar-refractivity contribution in [3.05, 3.63) is 69.7 Å². The van der Waals surface area contributed by atoms with E-state index in [9.17, 15) is 9.59 Å². The third kappa shape index (κ3) is 4.77. The van der Waals surface area contributed by atoms with Crippen molar-refractivity contribution in [2.24, 2.45) is 5.92 Å². The summed E-state index contributed by atoms with van der Waals surface area (Å²) in [4.78, 5) is 24.8. The lowest BCUT2D eigenvalue weighted by atomic mass is 10.0. The predicted molar refractivity (Wildman–Crippen MR) is 103 cm³/mol. The van der Waals surface area contributed by atoms with Gasteiger partial charge in [-0.15, -0.1) is 0 Å². The van der Waals surface area contributed by atoms with Crippen molar-refractivity contribution in [2.75, 3.05) is 0 Å². The molecule has 0 radical (unpaired) electrons. The number of benzene rings is 2. The van der Waals surface area contributed by atoms with Crippen LogP contribution in [0.25, 0.3) is 0 Å². The Bertz CT molecular complexity index is 786. The summed E-state index contributed by atoms with van der Waals surface area (Å²) in [6, 6.07) is 13.3. The molecule has 2 amide bonds. The average Bonchev–Trinajstić information content (AvgIpc) is 3.45. The third-order valence-electron chi connectivity index (χ3n) is 4.47. The molecule has 2 atom stereocenters. The van der Waals surface area contributed by atoms with Gasteiger partial charge in [0, 0.05) is 15.6 Å². The van der Waals surface area contributed by atoms with Crippen LogP contribution in [-0.2, 0) is 4.79 Å². The van der Waals surface area contributed by atoms with Gasteiger partial charge in [-0.3, -0.25) is 9.59 Å². The first-order valence-corrected chi connectivity index (χ1v) is 9.32. The topological polar surface area (TPSA) is 58.2 Å². The minimum Gasteiger partial charge on any atom is -0.347 e. The molecule has 26 heavy (non-hydrogen) atoms.